The van der Waals surface area contributed by atoms with Crippen LogP contribution in [-0.2, 0) is 10.0 Å². The van der Waals surface area contributed by atoms with E-state index in [0.717, 1.165) is 4.31 Å². The third-order valence-electron chi connectivity index (χ3n) is 2.61. The lowest BCUT2D eigenvalue weighted by molar-refractivity contribution is 0.596. The molecule has 0 saturated carbocycles. The molecule has 19 heavy (non-hydrogen) atoms. The van der Waals surface area contributed by atoms with Crippen molar-refractivity contribution in [2.75, 3.05) is 10.0 Å². The van der Waals surface area contributed by atoms with E-state index in [-0.39, 0.29) is 4.90 Å². The number of nitrogens with zero attached hydrogens (tertiary/aromatic N) is 1. The van der Waals surface area contributed by atoms with Crippen LogP contribution in [0.2, 0.25) is 0 Å². The van der Waals surface area contributed by atoms with Gasteiger partial charge in [0.15, 0.2) is 0 Å². The van der Waals surface area contributed by atoms with Crippen LogP contribution in [0.5, 0.6) is 0 Å². The zero-order chi connectivity index (χ0) is 13.9. The van der Waals surface area contributed by atoms with E-state index in [1.165, 1.54) is 18.3 Å². The van der Waals surface area contributed by atoms with Gasteiger partial charge in [-0.05, 0) is 36.4 Å². The highest BCUT2D eigenvalue weighted by atomic mass is 32.2. The second-order valence-electron chi connectivity index (χ2n) is 3.89. The summed E-state index contributed by atoms with van der Waals surface area (Å²) in [5, 5.41) is 0. The van der Waals surface area contributed by atoms with Gasteiger partial charge in [-0.3, -0.25) is 0 Å². The van der Waals surface area contributed by atoms with Crippen LogP contribution in [0.1, 0.15) is 0 Å². The topological polar surface area (TPSA) is 63.4 Å². The smallest absolute Gasteiger partial charge is 0.268 e. The molecule has 0 radical (unpaired) electrons. The molecular formula is C14H14N2O2S. The molecule has 2 N–H and O–H groups in total. The standard InChI is InChI=1S/C14H14N2O2S/c1-2-16(13-6-4-3-5-7-13)19(17,18)14-10-8-12(15)9-11-14/h2-11H,1,15H2. The van der Waals surface area contributed by atoms with Gasteiger partial charge in [0.2, 0.25) is 0 Å². The number of para-hydroxylation sites is 1. The summed E-state index contributed by atoms with van der Waals surface area (Å²) in [5.41, 5.74) is 6.61. The Morgan fingerprint density at radius 2 is 1.58 bits per heavy atom. The molecular weight excluding hydrogens is 260 g/mol. The van der Waals surface area contributed by atoms with Crippen molar-refractivity contribution in [2.45, 2.75) is 4.90 Å². The Kier molecular flexibility index (Phi) is 3.57. The fourth-order valence-electron chi connectivity index (χ4n) is 1.67. The maximum atomic E-state index is 12.5. The Labute approximate surface area is 112 Å². The molecule has 0 bridgehead atoms. The molecule has 0 heterocycles. The minimum Gasteiger partial charge on any atom is -0.399 e. The molecule has 0 aliphatic heterocycles. The Bertz CT molecular complexity index is 664. The lowest BCUT2D eigenvalue weighted by atomic mass is 10.3. The van der Waals surface area contributed by atoms with E-state index in [1.54, 1.807) is 36.4 Å². The highest BCUT2D eigenvalue weighted by Gasteiger charge is 2.22. The third-order valence-corrected chi connectivity index (χ3v) is 4.36. The van der Waals surface area contributed by atoms with Gasteiger partial charge in [0, 0.05) is 11.9 Å². The van der Waals surface area contributed by atoms with Crippen LogP contribution in [0.25, 0.3) is 0 Å². The number of nitrogens with two attached hydrogens (primary N) is 1. The van der Waals surface area contributed by atoms with Gasteiger partial charge in [-0.25, -0.2) is 12.7 Å². The van der Waals surface area contributed by atoms with Gasteiger partial charge in [0.05, 0.1) is 10.6 Å². The quantitative estimate of drug-likeness (QED) is 0.872. The lowest BCUT2D eigenvalue weighted by Gasteiger charge is -2.20. The molecule has 0 aliphatic rings. The Balaban J connectivity index is 2.48. The molecule has 0 amide bonds. The first-order valence-electron chi connectivity index (χ1n) is 5.63. The van der Waals surface area contributed by atoms with Crippen LogP contribution >= 0.6 is 0 Å². The molecule has 0 aliphatic carbocycles. The van der Waals surface area contributed by atoms with Crippen molar-refractivity contribution in [1.29, 1.82) is 0 Å². The highest BCUT2D eigenvalue weighted by molar-refractivity contribution is 7.93. The first kappa shape index (κ1) is 13.2. The maximum absolute atomic E-state index is 12.5. The molecule has 0 saturated heterocycles. The summed E-state index contributed by atoms with van der Waals surface area (Å²) in [6, 6.07) is 14.8. The molecule has 0 aromatic heterocycles. The monoisotopic (exact) mass is 274 g/mol. The zero-order valence-corrected chi connectivity index (χ0v) is 11.0. The predicted octanol–water partition coefficient (Wildman–Crippen LogP) is 2.61. The molecule has 2 rings (SSSR count). The van der Waals surface area contributed by atoms with Crippen LogP contribution < -0.4 is 10.0 Å². The number of sulfonamides is 1. The molecule has 98 valence electrons. The van der Waals surface area contributed by atoms with Gasteiger partial charge in [0.1, 0.15) is 0 Å². The van der Waals surface area contributed by atoms with E-state index in [1.807, 2.05) is 6.07 Å². The van der Waals surface area contributed by atoms with E-state index >= 15 is 0 Å². The van der Waals surface area contributed by atoms with E-state index in [0.29, 0.717) is 11.4 Å². The van der Waals surface area contributed by atoms with Crippen LogP contribution in [0.3, 0.4) is 0 Å². The van der Waals surface area contributed by atoms with Crippen molar-refractivity contribution >= 4 is 21.4 Å². The van der Waals surface area contributed by atoms with Gasteiger partial charge in [-0.15, -0.1) is 0 Å². The molecule has 0 spiro atoms. The summed E-state index contributed by atoms with van der Waals surface area (Å²) >= 11 is 0. The Morgan fingerprint density at radius 1 is 1.00 bits per heavy atom. The summed E-state index contributed by atoms with van der Waals surface area (Å²) in [6.07, 6.45) is 1.28. The molecule has 0 atom stereocenters. The van der Waals surface area contributed by atoms with E-state index in [9.17, 15) is 8.42 Å². The number of nitrogen functional groups attached to an aromatic ring is 1. The van der Waals surface area contributed by atoms with Gasteiger partial charge >= 0.3 is 0 Å². The normalized spacial score (nSPS) is 10.9. The summed E-state index contributed by atoms with van der Waals surface area (Å²) in [6.45, 7) is 3.57. The van der Waals surface area contributed by atoms with Crippen LogP contribution in [0.15, 0.2) is 72.3 Å². The van der Waals surface area contributed by atoms with Gasteiger partial charge in [-0.1, -0.05) is 24.8 Å². The molecule has 2 aromatic rings. The molecule has 0 fully saturated rings. The van der Waals surface area contributed by atoms with Crippen LogP contribution in [0.4, 0.5) is 11.4 Å². The summed E-state index contributed by atoms with van der Waals surface area (Å²) in [4.78, 5) is 0.172. The minimum atomic E-state index is -3.66. The van der Waals surface area contributed by atoms with Crippen molar-refractivity contribution < 1.29 is 8.42 Å². The number of hydrogen-bond acceptors (Lipinski definition) is 3. The number of rotatable bonds is 4. The fourth-order valence-corrected chi connectivity index (χ4v) is 2.97. The lowest BCUT2D eigenvalue weighted by Crippen LogP contribution is -2.25. The molecule has 0 unspecified atom stereocenters. The second-order valence-corrected chi connectivity index (χ2v) is 5.70. The van der Waals surface area contributed by atoms with Crippen molar-refractivity contribution in [2.24, 2.45) is 0 Å². The van der Waals surface area contributed by atoms with Crippen molar-refractivity contribution in [1.82, 2.24) is 0 Å². The molecule has 2 aromatic carbocycles. The molecule has 5 heteroatoms. The average Bonchev–Trinajstić information content (AvgIpc) is 2.41. The number of hydrogen-bond donors (Lipinski definition) is 1. The second kappa shape index (κ2) is 5.16. The van der Waals surface area contributed by atoms with Crippen molar-refractivity contribution in [3.63, 3.8) is 0 Å². The minimum absolute atomic E-state index is 0.172. The van der Waals surface area contributed by atoms with Gasteiger partial charge in [0.25, 0.3) is 10.0 Å². The molecule has 4 nitrogen and oxygen atoms in total. The van der Waals surface area contributed by atoms with Crippen LogP contribution in [0, 0.1) is 0 Å². The van der Waals surface area contributed by atoms with Crippen LogP contribution in [-0.4, -0.2) is 8.42 Å². The first-order chi connectivity index (χ1) is 9.05. The number of anilines is 2. The van der Waals surface area contributed by atoms with Crippen molar-refractivity contribution in [3.05, 3.63) is 67.4 Å². The fraction of sp³-hybridized carbons (Fsp3) is 0. The summed E-state index contributed by atoms with van der Waals surface area (Å²) in [5.74, 6) is 0. The first-order valence-corrected chi connectivity index (χ1v) is 7.07. The van der Waals surface area contributed by atoms with E-state index in [2.05, 4.69) is 6.58 Å². The van der Waals surface area contributed by atoms with Crippen molar-refractivity contribution in [3.8, 4) is 0 Å². The maximum Gasteiger partial charge on any atom is 0.268 e. The summed E-state index contributed by atoms with van der Waals surface area (Å²) < 4.78 is 26.1. The third kappa shape index (κ3) is 2.61. The average molecular weight is 274 g/mol. The number of benzene rings is 2. The SMILES string of the molecule is C=CN(c1ccccc1)S(=O)(=O)c1ccc(N)cc1. The predicted molar refractivity (Wildman–Crippen MR) is 77.2 cm³/mol. The Morgan fingerprint density at radius 3 is 2.11 bits per heavy atom. The van der Waals surface area contributed by atoms with Gasteiger partial charge < -0.3 is 5.73 Å². The van der Waals surface area contributed by atoms with E-state index in [4.69, 9.17) is 5.73 Å². The zero-order valence-electron chi connectivity index (χ0n) is 10.2. The van der Waals surface area contributed by atoms with Gasteiger partial charge in [-0.2, -0.15) is 0 Å². The highest BCUT2D eigenvalue weighted by Crippen LogP contribution is 2.24. The largest absolute Gasteiger partial charge is 0.399 e. The van der Waals surface area contributed by atoms with E-state index < -0.39 is 10.0 Å². The Hall–Kier alpha value is -2.27. The summed E-state index contributed by atoms with van der Waals surface area (Å²) in [7, 11) is -3.66.